The third-order valence-electron chi connectivity index (χ3n) is 9.39. The Morgan fingerprint density at radius 2 is 2.18 bits per heavy atom. The highest BCUT2D eigenvalue weighted by Gasteiger charge is 2.66. The predicted octanol–water partition coefficient (Wildman–Crippen LogP) is 2.53. The van der Waals surface area contributed by atoms with Crippen molar-refractivity contribution >= 4 is 5.97 Å². The van der Waals surface area contributed by atoms with Crippen molar-refractivity contribution in [3.8, 4) is 11.5 Å². The van der Waals surface area contributed by atoms with Gasteiger partial charge >= 0.3 is 5.97 Å². The Hall–Kier alpha value is -1.83. The Morgan fingerprint density at radius 1 is 1.36 bits per heavy atom. The van der Waals surface area contributed by atoms with Gasteiger partial charge in [0.2, 0.25) is 0 Å². The number of rotatable bonds is 7. The minimum atomic E-state index is -0.808. The molecule has 0 aromatic heterocycles. The molecule has 1 saturated heterocycles. The van der Waals surface area contributed by atoms with Gasteiger partial charge < -0.3 is 19.7 Å². The summed E-state index contributed by atoms with van der Waals surface area (Å²) in [5, 5.41) is 24.0. The Bertz CT molecular complexity index is 966. The number of aromatic hydroxyl groups is 1. The van der Waals surface area contributed by atoms with Gasteiger partial charge in [0, 0.05) is 42.6 Å². The summed E-state index contributed by atoms with van der Waals surface area (Å²) in [6, 6.07) is 3.68. The number of phenols is 1. The van der Waals surface area contributed by atoms with E-state index in [1.54, 1.807) is 6.07 Å². The molecule has 2 aliphatic heterocycles. The maximum absolute atomic E-state index is 12.0. The highest BCUT2D eigenvalue weighted by molar-refractivity contribution is 5.74. The van der Waals surface area contributed by atoms with Crippen LogP contribution in [-0.2, 0) is 21.4 Å². The number of methoxy groups -OCH3 is 1. The summed E-state index contributed by atoms with van der Waals surface area (Å²) in [6.45, 7) is 6.01. The number of hydrogen-bond acceptors (Lipinski definition) is 6. The van der Waals surface area contributed by atoms with Crippen molar-refractivity contribution in [1.29, 1.82) is 0 Å². The molecule has 3 N–H and O–H groups in total. The van der Waals surface area contributed by atoms with Crippen LogP contribution in [0.4, 0.5) is 0 Å². The summed E-state index contributed by atoms with van der Waals surface area (Å²) < 4.78 is 12.2. The fraction of sp³-hybridized carbons (Fsp3) is 0.731. The smallest absolute Gasteiger partial charge is 0.320 e. The van der Waals surface area contributed by atoms with E-state index >= 15 is 0 Å². The molecule has 3 fully saturated rings. The van der Waals surface area contributed by atoms with Gasteiger partial charge in [-0.2, -0.15) is 0 Å². The van der Waals surface area contributed by atoms with Crippen LogP contribution in [0, 0.1) is 17.8 Å². The summed E-state index contributed by atoms with van der Waals surface area (Å²) in [6.07, 6.45) is 5.36. The maximum atomic E-state index is 12.0. The molecule has 1 aromatic carbocycles. The molecule has 7 nitrogen and oxygen atoms in total. The second-order valence-electron chi connectivity index (χ2n) is 11.3. The first-order valence-corrected chi connectivity index (χ1v) is 12.6. The summed E-state index contributed by atoms with van der Waals surface area (Å²) in [5.41, 5.74) is 2.37. The molecule has 33 heavy (non-hydrogen) atoms. The second-order valence-corrected chi connectivity index (χ2v) is 11.3. The second kappa shape index (κ2) is 7.59. The molecular formula is C26H36N2O5. The average Bonchev–Trinajstić information content (AvgIpc) is 3.44. The zero-order valence-electron chi connectivity index (χ0n) is 19.8. The largest absolute Gasteiger partial charge is 0.504 e. The van der Waals surface area contributed by atoms with Crippen LogP contribution in [0.1, 0.15) is 50.7 Å². The number of ether oxygens (including phenoxy) is 2. The summed E-state index contributed by atoms with van der Waals surface area (Å²) in [5.74, 6) is 1.15. The van der Waals surface area contributed by atoms with Crippen LogP contribution in [0.3, 0.4) is 0 Å². The van der Waals surface area contributed by atoms with Gasteiger partial charge in [-0.1, -0.05) is 19.9 Å². The van der Waals surface area contributed by atoms with Gasteiger partial charge in [-0.15, -0.1) is 0 Å². The number of nitrogens with one attached hydrogen (secondary N) is 1. The number of aliphatic carboxylic acids is 1. The van der Waals surface area contributed by atoms with Gasteiger partial charge in [-0.25, -0.2) is 0 Å². The minimum Gasteiger partial charge on any atom is -0.504 e. The van der Waals surface area contributed by atoms with Crippen LogP contribution in [0.25, 0.3) is 0 Å². The highest BCUT2D eigenvalue weighted by atomic mass is 16.5. The number of piperidine rings is 1. The Balaban J connectivity index is 1.36. The molecule has 0 amide bonds. The molecule has 180 valence electrons. The molecule has 6 rings (SSSR count). The average molecular weight is 457 g/mol. The molecule has 0 radical (unpaired) electrons. The van der Waals surface area contributed by atoms with Crippen LogP contribution in [0.5, 0.6) is 11.5 Å². The molecule has 5 aliphatic rings. The number of likely N-dealkylation sites (tertiary alicyclic amines) is 1. The van der Waals surface area contributed by atoms with Crippen LogP contribution in [0.2, 0.25) is 0 Å². The van der Waals surface area contributed by atoms with E-state index in [0.29, 0.717) is 29.7 Å². The molecule has 2 bridgehead atoms. The third-order valence-corrected chi connectivity index (χ3v) is 9.39. The van der Waals surface area contributed by atoms with E-state index < -0.39 is 12.0 Å². The number of carboxylic acid groups (broad SMARTS) is 1. The van der Waals surface area contributed by atoms with Crippen molar-refractivity contribution in [3.63, 3.8) is 0 Å². The Kier molecular flexibility index (Phi) is 4.99. The third kappa shape index (κ3) is 3.08. The lowest BCUT2D eigenvalue weighted by Crippen LogP contribution is -2.69. The lowest BCUT2D eigenvalue weighted by Gasteiger charge is -2.60. The quantitative estimate of drug-likeness (QED) is 0.581. The number of carboxylic acids is 1. The van der Waals surface area contributed by atoms with Crippen molar-refractivity contribution in [1.82, 2.24) is 10.2 Å². The van der Waals surface area contributed by atoms with Crippen molar-refractivity contribution in [2.24, 2.45) is 17.8 Å². The Morgan fingerprint density at radius 3 is 2.88 bits per heavy atom. The van der Waals surface area contributed by atoms with Crippen molar-refractivity contribution in [3.05, 3.63) is 23.3 Å². The normalized spacial score (nSPS) is 39.2. The van der Waals surface area contributed by atoms with Gasteiger partial charge in [0.1, 0.15) is 12.1 Å². The van der Waals surface area contributed by atoms with Crippen LogP contribution >= 0.6 is 0 Å². The first-order chi connectivity index (χ1) is 15.8. The minimum absolute atomic E-state index is 0.0151. The van der Waals surface area contributed by atoms with E-state index in [9.17, 15) is 15.0 Å². The molecule has 2 unspecified atom stereocenters. The zero-order chi connectivity index (χ0) is 23.1. The lowest BCUT2D eigenvalue weighted by molar-refractivity contribution is -0.141. The van der Waals surface area contributed by atoms with Gasteiger partial charge in [0.05, 0.1) is 6.10 Å². The fourth-order valence-corrected chi connectivity index (χ4v) is 7.80. The molecule has 2 saturated carbocycles. The maximum Gasteiger partial charge on any atom is 0.320 e. The van der Waals surface area contributed by atoms with Crippen LogP contribution in [-0.4, -0.2) is 71.6 Å². The molecule has 3 aliphatic carbocycles. The first-order valence-electron chi connectivity index (χ1n) is 12.6. The van der Waals surface area contributed by atoms with Crippen molar-refractivity contribution in [2.45, 2.75) is 81.7 Å². The SMILES string of the molecule is COC1CC1CN1CC[C@]23c4c5ccc(O)c4O[C@H]2[C@H](N[C@@H](C(=O)O)C(C)C)CC[C@H]3[C@H]1C5. The van der Waals surface area contributed by atoms with E-state index in [-0.39, 0.29) is 29.2 Å². The zero-order valence-corrected chi connectivity index (χ0v) is 19.8. The molecule has 1 spiro atoms. The van der Waals surface area contributed by atoms with Crippen LogP contribution < -0.4 is 10.1 Å². The van der Waals surface area contributed by atoms with E-state index in [0.717, 1.165) is 45.2 Å². The molecular weight excluding hydrogens is 420 g/mol. The van der Waals surface area contributed by atoms with E-state index in [1.807, 2.05) is 21.0 Å². The fourth-order valence-electron chi connectivity index (χ4n) is 7.80. The van der Waals surface area contributed by atoms with Crippen LogP contribution in [0.15, 0.2) is 12.1 Å². The predicted molar refractivity (Wildman–Crippen MR) is 123 cm³/mol. The van der Waals surface area contributed by atoms with E-state index in [4.69, 9.17) is 9.47 Å². The summed E-state index contributed by atoms with van der Waals surface area (Å²) in [7, 11) is 1.82. The standard InChI is InChI=1S/C26H36N2O5/c1-13(2)22(25(30)31)27-17-6-5-16-18-10-14-4-7-19(29)23-21(14)26(16,24(17)33-23)8-9-28(18)12-15-11-20(15)32-3/h4,7,13,15-18,20,22,24,27,29H,5-6,8-12H2,1-3H3,(H,30,31)/t15?,16-,17+,18+,20?,22+,24-,26-/m0/s1. The number of nitrogens with zero attached hydrogens (tertiary/aromatic N) is 1. The van der Waals surface area contributed by atoms with Gasteiger partial charge in [-0.05, 0) is 62.1 Å². The summed E-state index contributed by atoms with van der Waals surface area (Å²) in [4.78, 5) is 14.7. The number of hydrogen-bond donors (Lipinski definition) is 3. The number of phenolic OH excluding ortho intramolecular Hbond substituents is 1. The summed E-state index contributed by atoms with van der Waals surface area (Å²) >= 11 is 0. The monoisotopic (exact) mass is 456 g/mol. The topological polar surface area (TPSA) is 91.3 Å². The molecule has 2 heterocycles. The van der Waals surface area contributed by atoms with Gasteiger partial charge in [-0.3, -0.25) is 15.0 Å². The number of carbonyl (C=O) groups is 1. The van der Waals surface area contributed by atoms with E-state index in [2.05, 4.69) is 16.3 Å². The molecule has 7 heteroatoms. The molecule has 8 atom stereocenters. The van der Waals surface area contributed by atoms with Crippen molar-refractivity contribution < 1.29 is 24.5 Å². The lowest BCUT2D eigenvalue weighted by atomic mass is 9.51. The van der Waals surface area contributed by atoms with E-state index in [1.165, 1.54) is 11.1 Å². The van der Waals surface area contributed by atoms with Gasteiger partial charge in [0.15, 0.2) is 11.5 Å². The Labute approximate surface area is 195 Å². The first kappa shape index (κ1) is 21.7. The number of benzene rings is 1. The van der Waals surface area contributed by atoms with Gasteiger partial charge in [0.25, 0.3) is 0 Å². The van der Waals surface area contributed by atoms with Crippen molar-refractivity contribution in [2.75, 3.05) is 20.2 Å². The molecule has 1 aromatic rings. The highest BCUT2D eigenvalue weighted by Crippen LogP contribution is 2.64.